The zero-order valence-electron chi connectivity index (χ0n) is 11.9. The summed E-state index contributed by atoms with van der Waals surface area (Å²) in [6.45, 7) is 3.08. The molecule has 21 heavy (non-hydrogen) atoms. The third-order valence-electron chi connectivity index (χ3n) is 3.32. The second-order valence-corrected chi connectivity index (χ2v) is 6.77. The van der Waals surface area contributed by atoms with E-state index in [0.29, 0.717) is 0 Å². The molecule has 2 aromatic rings. The van der Waals surface area contributed by atoms with Crippen LogP contribution in [0.2, 0.25) is 0 Å². The first-order chi connectivity index (χ1) is 10.1. The minimum atomic E-state index is -0.198. The molecule has 0 amide bonds. The molecule has 0 radical (unpaired) electrons. The summed E-state index contributed by atoms with van der Waals surface area (Å²) in [5.41, 5.74) is 2.18. The smallest absolute Gasteiger partial charge is 0.123 e. The maximum Gasteiger partial charge on any atom is 0.123 e. The van der Waals surface area contributed by atoms with E-state index in [0.717, 1.165) is 33.9 Å². The summed E-state index contributed by atoms with van der Waals surface area (Å²) in [6.07, 6.45) is 1.81. The molecule has 1 N–H and O–H groups in total. The van der Waals surface area contributed by atoms with Crippen LogP contribution < -0.4 is 5.32 Å². The van der Waals surface area contributed by atoms with Gasteiger partial charge in [0.2, 0.25) is 0 Å². The molecule has 0 aliphatic carbocycles. The Balaban J connectivity index is 2.25. The Hall–Kier alpha value is -0.710. The summed E-state index contributed by atoms with van der Waals surface area (Å²) < 4.78 is 15.5. The fourth-order valence-corrected chi connectivity index (χ4v) is 3.09. The molecule has 1 unspecified atom stereocenters. The Morgan fingerprint density at radius 1 is 1.14 bits per heavy atom. The van der Waals surface area contributed by atoms with Crippen LogP contribution in [-0.4, -0.2) is 6.54 Å². The number of hydrogen-bond donors (Lipinski definition) is 1. The molecule has 0 aliphatic heterocycles. The van der Waals surface area contributed by atoms with Crippen molar-refractivity contribution in [2.24, 2.45) is 0 Å². The zero-order valence-corrected chi connectivity index (χ0v) is 15.0. The molecular formula is C17H18Br2FN. The first kappa shape index (κ1) is 16.7. The molecule has 0 aliphatic rings. The van der Waals surface area contributed by atoms with Crippen LogP contribution in [0.25, 0.3) is 0 Å². The molecule has 1 atom stereocenters. The van der Waals surface area contributed by atoms with E-state index in [2.05, 4.69) is 56.2 Å². The van der Waals surface area contributed by atoms with Gasteiger partial charge in [-0.3, -0.25) is 0 Å². The second-order valence-electron chi connectivity index (χ2n) is 5.00. The first-order valence-corrected chi connectivity index (χ1v) is 8.61. The van der Waals surface area contributed by atoms with Gasteiger partial charge in [-0.05, 0) is 60.8 Å². The highest BCUT2D eigenvalue weighted by atomic mass is 79.9. The number of benzene rings is 2. The molecule has 0 saturated heterocycles. The van der Waals surface area contributed by atoms with Gasteiger partial charge in [0.1, 0.15) is 5.82 Å². The van der Waals surface area contributed by atoms with Gasteiger partial charge in [0.15, 0.2) is 0 Å². The Labute approximate surface area is 142 Å². The van der Waals surface area contributed by atoms with Crippen LogP contribution in [0.5, 0.6) is 0 Å². The van der Waals surface area contributed by atoms with Gasteiger partial charge >= 0.3 is 0 Å². The highest BCUT2D eigenvalue weighted by Crippen LogP contribution is 2.26. The topological polar surface area (TPSA) is 12.0 Å². The molecule has 0 heterocycles. The molecule has 2 rings (SSSR count). The molecular weight excluding hydrogens is 397 g/mol. The van der Waals surface area contributed by atoms with Gasteiger partial charge < -0.3 is 5.32 Å². The predicted molar refractivity (Wildman–Crippen MR) is 93.0 cm³/mol. The van der Waals surface area contributed by atoms with E-state index in [1.165, 1.54) is 11.6 Å². The van der Waals surface area contributed by atoms with Crippen LogP contribution in [0, 0.1) is 5.82 Å². The fraction of sp³-hybridized carbons (Fsp3) is 0.294. The summed E-state index contributed by atoms with van der Waals surface area (Å²) in [7, 11) is 0. The van der Waals surface area contributed by atoms with Crippen LogP contribution in [0.15, 0.2) is 51.4 Å². The Morgan fingerprint density at radius 3 is 2.67 bits per heavy atom. The van der Waals surface area contributed by atoms with E-state index < -0.39 is 0 Å². The van der Waals surface area contributed by atoms with Crippen LogP contribution in [-0.2, 0) is 6.42 Å². The zero-order chi connectivity index (χ0) is 15.2. The largest absolute Gasteiger partial charge is 0.310 e. The van der Waals surface area contributed by atoms with Crippen molar-refractivity contribution in [3.63, 3.8) is 0 Å². The highest BCUT2D eigenvalue weighted by Gasteiger charge is 2.14. The Kier molecular flexibility index (Phi) is 6.40. The Morgan fingerprint density at radius 2 is 1.95 bits per heavy atom. The number of rotatable bonds is 6. The summed E-state index contributed by atoms with van der Waals surface area (Å²) in [4.78, 5) is 0. The van der Waals surface area contributed by atoms with Crippen molar-refractivity contribution >= 4 is 31.9 Å². The molecule has 0 saturated carbocycles. The van der Waals surface area contributed by atoms with E-state index in [4.69, 9.17) is 0 Å². The minimum absolute atomic E-state index is 0.167. The number of hydrogen-bond acceptors (Lipinski definition) is 1. The van der Waals surface area contributed by atoms with E-state index in [1.807, 2.05) is 12.1 Å². The monoisotopic (exact) mass is 413 g/mol. The van der Waals surface area contributed by atoms with Crippen molar-refractivity contribution in [3.8, 4) is 0 Å². The fourth-order valence-electron chi connectivity index (χ4n) is 2.27. The summed E-state index contributed by atoms with van der Waals surface area (Å²) in [5, 5.41) is 3.54. The van der Waals surface area contributed by atoms with E-state index in [9.17, 15) is 4.39 Å². The van der Waals surface area contributed by atoms with E-state index >= 15 is 0 Å². The van der Waals surface area contributed by atoms with Crippen LogP contribution in [0.4, 0.5) is 4.39 Å². The first-order valence-electron chi connectivity index (χ1n) is 7.03. The van der Waals surface area contributed by atoms with Crippen molar-refractivity contribution in [2.45, 2.75) is 25.8 Å². The number of halogens is 3. The molecule has 0 fully saturated rings. The lowest BCUT2D eigenvalue weighted by atomic mass is 9.98. The van der Waals surface area contributed by atoms with Crippen LogP contribution in [0.3, 0.4) is 0 Å². The maximum atomic E-state index is 13.5. The van der Waals surface area contributed by atoms with Gasteiger partial charge in [0, 0.05) is 15.0 Å². The van der Waals surface area contributed by atoms with Crippen LogP contribution >= 0.6 is 31.9 Å². The number of nitrogens with one attached hydrogen (secondary N) is 1. The van der Waals surface area contributed by atoms with Gasteiger partial charge in [-0.2, -0.15) is 0 Å². The van der Waals surface area contributed by atoms with Crippen LogP contribution in [0.1, 0.15) is 30.5 Å². The van der Waals surface area contributed by atoms with Crippen molar-refractivity contribution < 1.29 is 4.39 Å². The third-order valence-corrected chi connectivity index (χ3v) is 4.59. The average Bonchev–Trinajstić information content (AvgIpc) is 2.47. The van der Waals surface area contributed by atoms with Gasteiger partial charge in [-0.1, -0.05) is 50.9 Å². The average molecular weight is 415 g/mol. The highest BCUT2D eigenvalue weighted by molar-refractivity contribution is 9.10. The summed E-state index contributed by atoms with van der Waals surface area (Å²) >= 11 is 7.02. The standard InChI is InChI=1S/C17H18Br2FN/c1-2-8-21-17(12-4-3-5-14(18)9-12)11-13-10-15(20)6-7-16(13)19/h3-7,9-10,17,21H,2,8,11H2,1H3. The van der Waals surface area contributed by atoms with Gasteiger partial charge in [-0.15, -0.1) is 0 Å². The van der Waals surface area contributed by atoms with E-state index in [1.54, 1.807) is 12.1 Å². The maximum absolute atomic E-state index is 13.5. The molecule has 1 nitrogen and oxygen atoms in total. The SMILES string of the molecule is CCCNC(Cc1cc(F)ccc1Br)c1cccc(Br)c1. The normalized spacial score (nSPS) is 12.4. The van der Waals surface area contributed by atoms with Gasteiger partial charge in [0.25, 0.3) is 0 Å². The Bertz CT molecular complexity index is 601. The minimum Gasteiger partial charge on any atom is -0.310 e. The lowest BCUT2D eigenvalue weighted by Crippen LogP contribution is -2.24. The quantitative estimate of drug-likeness (QED) is 0.645. The molecule has 0 aromatic heterocycles. The van der Waals surface area contributed by atoms with Crippen molar-refractivity contribution in [3.05, 3.63) is 68.4 Å². The molecule has 112 valence electrons. The van der Waals surface area contributed by atoms with Crippen molar-refractivity contribution in [1.29, 1.82) is 0 Å². The molecule has 0 bridgehead atoms. The third kappa shape index (κ3) is 4.90. The molecule has 0 spiro atoms. The van der Waals surface area contributed by atoms with E-state index in [-0.39, 0.29) is 11.9 Å². The summed E-state index contributed by atoms with van der Waals surface area (Å²) in [5.74, 6) is -0.198. The molecule has 2 aromatic carbocycles. The predicted octanol–water partition coefficient (Wildman–Crippen LogP) is 5.63. The van der Waals surface area contributed by atoms with Gasteiger partial charge in [-0.25, -0.2) is 4.39 Å². The van der Waals surface area contributed by atoms with Crippen molar-refractivity contribution in [2.75, 3.05) is 6.54 Å². The molecule has 4 heteroatoms. The summed E-state index contributed by atoms with van der Waals surface area (Å²) in [6, 6.07) is 13.3. The van der Waals surface area contributed by atoms with Gasteiger partial charge in [0.05, 0.1) is 0 Å². The second kappa shape index (κ2) is 8.06. The van der Waals surface area contributed by atoms with Crippen molar-refractivity contribution in [1.82, 2.24) is 5.32 Å². The lowest BCUT2D eigenvalue weighted by Gasteiger charge is -2.20. The lowest BCUT2D eigenvalue weighted by molar-refractivity contribution is 0.526.